The van der Waals surface area contributed by atoms with E-state index in [0.717, 1.165) is 0 Å². The summed E-state index contributed by atoms with van der Waals surface area (Å²) in [5.41, 5.74) is 0. The van der Waals surface area contributed by atoms with Crippen LogP contribution in [0.1, 0.15) is 19.8 Å². The van der Waals surface area contributed by atoms with Crippen molar-refractivity contribution in [3.8, 4) is 11.8 Å². The maximum absolute atomic E-state index is 11.2. The summed E-state index contributed by atoms with van der Waals surface area (Å²) in [6, 6.07) is 0. The Kier molecular flexibility index (Phi) is 4.65. The predicted molar refractivity (Wildman–Crippen MR) is 61.5 cm³/mol. The zero-order chi connectivity index (χ0) is 12.0. The third-order valence-electron chi connectivity index (χ3n) is 2.57. The molecule has 0 heterocycles. The summed E-state index contributed by atoms with van der Waals surface area (Å²) >= 11 is 0. The molecule has 0 aromatic rings. The molecule has 0 bridgehead atoms. The molecule has 3 heteroatoms. The fraction of sp³-hybridized carbons (Fsp3) is 0.462. The van der Waals surface area contributed by atoms with Crippen LogP contribution in [0.3, 0.4) is 0 Å². The van der Waals surface area contributed by atoms with E-state index in [0.29, 0.717) is 12.8 Å². The van der Waals surface area contributed by atoms with E-state index >= 15 is 0 Å². The number of esters is 1. The van der Waals surface area contributed by atoms with E-state index in [2.05, 4.69) is 16.6 Å². The zero-order valence-electron chi connectivity index (χ0n) is 9.56. The fourth-order valence-electron chi connectivity index (χ4n) is 1.68. The van der Waals surface area contributed by atoms with E-state index < -0.39 is 0 Å². The lowest BCUT2D eigenvalue weighted by molar-refractivity contribution is -0.141. The number of hydrogen-bond acceptors (Lipinski definition) is 3. The van der Waals surface area contributed by atoms with Crippen molar-refractivity contribution in [1.29, 1.82) is 0 Å². The average Bonchev–Trinajstić information content (AvgIpc) is 2.29. The molecule has 0 aromatic heterocycles. The first-order valence-electron chi connectivity index (χ1n) is 5.23. The maximum Gasteiger partial charge on any atom is 0.306 e. The first kappa shape index (κ1) is 12.4. The third kappa shape index (κ3) is 3.47. The van der Waals surface area contributed by atoms with Crippen molar-refractivity contribution in [3.05, 3.63) is 24.0 Å². The van der Waals surface area contributed by atoms with Crippen molar-refractivity contribution in [2.75, 3.05) is 7.11 Å². The molecule has 0 fully saturated rings. The molecular weight excluding hydrogens is 204 g/mol. The highest BCUT2D eigenvalue weighted by molar-refractivity contribution is 5.70. The first-order chi connectivity index (χ1) is 7.67. The summed E-state index contributed by atoms with van der Waals surface area (Å²) in [5.74, 6) is 6.00. The van der Waals surface area contributed by atoms with Crippen molar-refractivity contribution in [1.82, 2.24) is 0 Å². The molecular formula is C13H16O3. The molecule has 0 radical (unpaired) electrons. The molecule has 1 rings (SSSR count). The Morgan fingerprint density at radius 2 is 2.50 bits per heavy atom. The number of rotatable bonds is 3. The Morgan fingerprint density at radius 1 is 1.75 bits per heavy atom. The Labute approximate surface area is 95.8 Å². The van der Waals surface area contributed by atoms with Gasteiger partial charge in [0.15, 0.2) is 0 Å². The molecule has 1 aliphatic carbocycles. The number of methoxy groups -OCH3 is 1. The molecule has 1 N–H and O–H groups in total. The normalized spacial score (nSPS) is 20.4. The Balaban J connectivity index is 2.67. The standard InChI is InChI=1S/C13H16O3/c1-3-4-11(9-13(15)16-2)10-5-7-12(14)8-6-10/h5,7-8,10-11,14H,6,9H2,1-2H3. The van der Waals surface area contributed by atoms with E-state index in [1.54, 1.807) is 19.1 Å². The number of ether oxygens (including phenoxy) is 1. The monoisotopic (exact) mass is 220 g/mol. The molecule has 0 saturated heterocycles. The van der Waals surface area contributed by atoms with Crippen LogP contribution in [0.2, 0.25) is 0 Å². The molecule has 2 atom stereocenters. The molecule has 0 amide bonds. The number of aliphatic hydroxyl groups is 1. The van der Waals surface area contributed by atoms with Crippen molar-refractivity contribution < 1.29 is 14.6 Å². The molecule has 0 saturated carbocycles. The fourth-order valence-corrected chi connectivity index (χ4v) is 1.68. The van der Waals surface area contributed by atoms with E-state index in [1.807, 2.05) is 6.08 Å². The van der Waals surface area contributed by atoms with Crippen LogP contribution in [0.5, 0.6) is 0 Å². The van der Waals surface area contributed by atoms with Crippen LogP contribution in [-0.2, 0) is 9.53 Å². The van der Waals surface area contributed by atoms with Gasteiger partial charge in [-0.3, -0.25) is 4.79 Å². The number of carbonyl (C=O) groups is 1. The van der Waals surface area contributed by atoms with Crippen LogP contribution in [0.4, 0.5) is 0 Å². The second-order valence-electron chi connectivity index (χ2n) is 3.67. The van der Waals surface area contributed by atoms with Gasteiger partial charge in [-0.05, 0) is 31.4 Å². The summed E-state index contributed by atoms with van der Waals surface area (Å²) in [5, 5.41) is 9.21. The van der Waals surface area contributed by atoms with E-state index in [-0.39, 0.29) is 23.6 Å². The van der Waals surface area contributed by atoms with E-state index in [1.165, 1.54) is 7.11 Å². The van der Waals surface area contributed by atoms with Gasteiger partial charge < -0.3 is 9.84 Å². The largest absolute Gasteiger partial charge is 0.508 e. The van der Waals surface area contributed by atoms with Crippen molar-refractivity contribution in [3.63, 3.8) is 0 Å². The number of carbonyl (C=O) groups excluding carboxylic acids is 1. The molecule has 2 unspecified atom stereocenters. The van der Waals surface area contributed by atoms with Gasteiger partial charge in [0.05, 0.1) is 13.5 Å². The molecule has 3 nitrogen and oxygen atoms in total. The molecule has 86 valence electrons. The lowest BCUT2D eigenvalue weighted by Crippen LogP contribution is -2.17. The zero-order valence-corrected chi connectivity index (χ0v) is 9.56. The van der Waals surface area contributed by atoms with Gasteiger partial charge in [0.2, 0.25) is 0 Å². The molecule has 1 aliphatic rings. The van der Waals surface area contributed by atoms with Gasteiger partial charge in [-0.25, -0.2) is 0 Å². The maximum atomic E-state index is 11.2. The third-order valence-corrected chi connectivity index (χ3v) is 2.57. The second-order valence-corrected chi connectivity index (χ2v) is 3.67. The van der Waals surface area contributed by atoms with Crippen molar-refractivity contribution >= 4 is 5.97 Å². The van der Waals surface area contributed by atoms with Crippen molar-refractivity contribution in [2.24, 2.45) is 11.8 Å². The van der Waals surface area contributed by atoms with Gasteiger partial charge in [-0.2, -0.15) is 0 Å². The summed E-state index contributed by atoms with van der Waals surface area (Å²) in [4.78, 5) is 11.2. The Hall–Kier alpha value is -1.69. The smallest absolute Gasteiger partial charge is 0.306 e. The number of allylic oxidation sites excluding steroid dienone is 3. The summed E-state index contributed by atoms with van der Waals surface area (Å²) in [6.45, 7) is 1.75. The topological polar surface area (TPSA) is 46.5 Å². The van der Waals surface area contributed by atoms with Gasteiger partial charge in [0, 0.05) is 5.92 Å². The SMILES string of the molecule is CC#CC(CC(=O)OC)C1C=CC(O)=CC1. The minimum absolute atomic E-state index is 0.0435. The quantitative estimate of drug-likeness (QED) is 0.586. The van der Waals surface area contributed by atoms with Crippen LogP contribution < -0.4 is 0 Å². The van der Waals surface area contributed by atoms with E-state index in [9.17, 15) is 9.90 Å². The van der Waals surface area contributed by atoms with Crippen LogP contribution in [-0.4, -0.2) is 18.2 Å². The average molecular weight is 220 g/mol. The molecule has 0 aliphatic heterocycles. The summed E-state index contributed by atoms with van der Waals surface area (Å²) in [7, 11) is 1.38. The van der Waals surface area contributed by atoms with Gasteiger partial charge in [0.1, 0.15) is 5.76 Å². The second kappa shape index (κ2) is 6.02. The molecule has 0 spiro atoms. The number of aliphatic hydroxyl groups excluding tert-OH is 1. The highest BCUT2D eigenvalue weighted by Gasteiger charge is 2.21. The summed E-state index contributed by atoms with van der Waals surface area (Å²) in [6.07, 6.45) is 6.29. The highest BCUT2D eigenvalue weighted by atomic mass is 16.5. The van der Waals surface area contributed by atoms with Crippen LogP contribution in [0.25, 0.3) is 0 Å². The summed E-state index contributed by atoms with van der Waals surface area (Å²) < 4.78 is 4.64. The van der Waals surface area contributed by atoms with Crippen LogP contribution >= 0.6 is 0 Å². The Bertz CT molecular complexity index is 368. The van der Waals surface area contributed by atoms with Gasteiger partial charge in [0.25, 0.3) is 0 Å². The van der Waals surface area contributed by atoms with Gasteiger partial charge >= 0.3 is 5.97 Å². The molecule has 0 aromatic carbocycles. The molecule has 16 heavy (non-hydrogen) atoms. The van der Waals surface area contributed by atoms with Crippen LogP contribution in [0.15, 0.2) is 24.0 Å². The minimum Gasteiger partial charge on any atom is -0.508 e. The highest BCUT2D eigenvalue weighted by Crippen LogP contribution is 2.25. The van der Waals surface area contributed by atoms with Crippen molar-refractivity contribution in [2.45, 2.75) is 19.8 Å². The predicted octanol–water partition coefficient (Wildman–Crippen LogP) is 2.21. The number of hydrogen-bond donors (Lipinski definition) is 1. The first-order valence-corrected chi connectivity index (χ1v) is 5.23. The lowest BCUT2D eigenvalue weighted by atomic mass is 9.85. The van der Waals surface area contributed by atoms with Gasteiger partial charge in [-0.1, -0.05) is 12.0 Å². The van der Waals surface area contributed by atoms with Gasteiger partial charge in [-0.15, -0.1) is 5.92 Å². The minimum atomic E-state index is -0.250. The van der Waals surface area contributed by atoms with Crippen LogP contribution in [0, 0.1) is 23.7 Å². The lowest BCUT2D eigenvalue weighted by Gasteiger charge is -2.20. The van der Waals surface area contributed by atoms with E-state index in [4.69, 9.17) is 0 Å². The Morgan fingerprint density at radius 3 is 3.00 bits per heavy atom.